The van der Waals surface area contributed by atoms with Crippen molar-refractivity contribution in [1.29, 1.82) is 0 Å². The average molecular weight is 516 g/mol. The van der Waals surface area contributed by atoms with Crippen molar-refractivity contribution in [2.45, 2.75) is 46.8 Å². The van der Waals surface area contributed by atoms with E-state index in [-0.39, 0.29) is 17.4 Å². The zero-order valence-electron chi connectivity index (χ0n) is 22.6. The van der Waals surface area contributed by atoms with Crippen molar-refractivity contribution in [3.63, 3.8) is 0 Å². The number of carbonyl (C=O) groups is 2. The molecular formula is C31H33NO6. The van der Waals surface area contributed by atoms with Crippen LogP contribution in [0.1, 0.15) is 49.1 Å². The average Bonchev–Trinajstić information content (AvgIpc) is 3.14. The number of hydrogen-bond acceptors (Lipinski definition) is 6. The van der Waals surface area contributed by atoms with E-state index < -0.39 is 17.7 Å². The van der Waals surface area contributed by atoms with Crippen LogP contribution in [0.3, 0.4) is 0 Å². The number of aliphatic hydroxyl groups excluding tert-OH is 1. The summed E-state index contributed by atoms with van der Waals surface area (Å²) < 4.78 is 17.0. The van der Waals surface area contributed by atoms with Crippen LogP contribution in [-0.4, -0.2) is 36.6 Å². The second-order valence-electron chi connectivity index (χ2n) is 9.50. The quantitative estimate of drug-likeness (QED) is 0.221. The summed E-state index contributed by atoms with van der Waals surface area (Å²) in [6.07, 6.45) is -0.0674. The fourth-order valence-corrected chi connectivity index (χ4v) is 4.86. The topological polar surface area (TPSA) is 85.3 Å². The van der Waals surface area contributed by atoms with E-state index in [1.807, 2.05) is 58.9 Å². The maximum absolute atomic E-state index is 13.6. The van der Waals surface area contributed by atoms with Crippen LogP contribution >= 0.6 is 0 Å². The highest BCUT2D eigenvalue weighted by Gasteiger charge is 2.47. The van der Waals surface area contributed by atoms with Gasteiger partial charge in [0.2, 0.25) is 0 Å². The first kappa shape index (κ1) is 26.8. The van der Waals surface area contributed by atoms with Crippen LogP contribution in [-0.2, 0) is 9.59 Å². The van der Waals surface area contributed by atoms with Gasteiger partial charge in [-0.25, -0.2) is 0 Å². The van der Waals surface area contributed by atoms with Gasteiger partial charge in [-0.3, -0.25) is 14.5 Å². The number of methoxy groups -OCH3 is 1. The van der Waals surface area contributed by atoms with E-state index in [1.165, 1.54) is 12.0 Å². The van der Waals surface area contributed by atoms with Crippen molar-refractivity contribution in [2.24, 2.45) is 0 Å². The van der Waals surface area contributed by atoms with Crippen LogP contribution < -0.4 is 19.1 Å². The minimum atomic E-state index is -0.894. The summed E-state index contributed by atoms with van der Waals surface area (Å²) in [6.45, 7) is 10.00. The van der Waals surface area contributed by atoms with Crippen LogP contribution in [0, 0.1) is 13.8 Å². The fourth-order valence-electron chi connectivity index (χ4n) is 4.86. The summed E-state index contributed by atoms with van der Waals surface area (Å²) >= 11 is 0. The Morgan fingerprint density at radius 1 is 1.00 bits per heavy atom. The zero-order valence-corrected chi connectivity index (χ0v) is 22.6. The van der Waals surface area contributed by atoms with Gasteiger partial charge in [0.05, 0.1) is 37.0 Å². The van der Waals surface area contributed by atoms with Gasteiger partial charge in [0, 0.05) is 5.69 Å². The number of rotatable bonds is 8. The molecule has 1 amide bonds. The number of ether oxygens (including phenoxy) is 3. The molecule has 1 aliphatic heterocycles. The highest BCUT2D eigenvalue weighted by molar-refractivity contribution is 6.51. The summed E-state index contributed by atoms with van der Waals surface area (Å²) in [6, 6.07) is 17.0. The number of benzene rings is 3. The highest BCUT2D eigenvalue weighted by atomic mass is 16.5. The van der Waals surface area contributed by atoms with Gasteiger partial charge in [-0.2, -0.15) is 0 Å². The molecule has 1 aliphatic rings. The number of amides is 1. The third-order valence-corrected chi connectivity index (χ3v) is 6.29. The lowest BCUT2D eigenvalue weighted by Gasteiger charge is -2.26. The Morgan fingerprint density at radius 3 is 2.34 bits per heavy atom. The monoisotopic (exact) mass is 515 g/mol. The van der Waals surface area contributed by atoms with Crippen molar-refractivity contribution in [2.75, 3.05) is 18.6 Å². The molecule has 7 heteroatoms. The summed E-state index contributed by atoms with van der Waals surface area (Å²) in [5.41, 5.74) is 3.15. The summed E-state index contributed by atoms with van der Waals surface area (Å²) in [5, 5.41) is 11.6. The standard InChI is InChI=1S/C31H33NO6/c1-7-37-23-13-11-22(12-14-23)32-27(21-9-8-10-24(17-21)38-18(2)3)26(29(34)31(32)35)28(33)25-16-19(4)15-20(5)30(25)36-6/h8-18,27,33H,7H2,1-6H3/b28-26+. The number of aliphatic hydroxyl groups is 1. The molecule has 38 heavy (non-hydrogen) atoms. The van der Waals surface area contributed by atoms with Crippen LogP contribution in [0.4, 0.5) is 5.69 Å². The Morgan fingerprint density at radius 2 is 1.71 bits per heavy atom. The van der Waals surface area contributed by atoms with Crippen molar-refractivity contribution in [1.82, 2.24) is 0 Å². The number of nitrogens with zero attached hydrogens (tertiary/aromatic N) is 1. The Kier molecular flexibility index (Phi) is 7.76. The Balaban J connectivity index is 1.96. The van der Waals surface area contributed by atoms with E-state index in [2.05, 4.69) is 0 Å². The minimum Gasteiger partial charge on any atom is -0.507 e. The molecule has 3 aromatic carbocycles. The molecule has 0 spiro atoms. The molecule has 1 atom stereocenters. The first-order valence-electron chi connectivity index (χ1n) is 12.6. The van der Waals surface area contributed by atoms with Crippen LogP contribution in [0.15, 0.2) is 66.2 Å². The van der Waals surface area contributed by atoms with E-state index >= 15 is 0 Å². The molecule has 198 valence electrons. The summed E-state index contributed by atoms with van der Waals surface area (Å²) in [5.74, 6) is -0.121. The molecule has 1 heterocycles. The molecule has 0 aromatic heterocycles. The molecule has 1 saturated heterocycles. The predicted molar refractivity (Wildman–Crippen MR) is 147 cm³/mol. The lowest BCUT2D eigenvalue weighted by molar-refractivity contribution is -0.132. The molecule has 0 aliphatic carbocycles. The molecule has 4 rings (SSSR count). The normalized spacial score (nSPS) is 16.7. The molecule has 7 nitrogen and oxygen atoms in total. The van der Waals surface area contributed by atoms with Crippen LogP contribution in [0.2, 0.25) is 0 Å². The SMILES string of the molecule is CCOc1ccc(N2C(=O)C(=O)/C(=C(/O)c3cc(C)cc(C)c3OC)C2c2cccc(OC(C)C)c2)cc1. The van der Waals surface area contributed by atoms with Gasteiger partial charge < -0.3 is 19.3 Å². The van der Waals surface area contributed by atoms with Gasteiger partial charge in [0.1, 0.15) is 23.0 Å². The molecule has 0 radical (unpaired) electrons. The van der Waals surface area contributed by atoms with E-state index in [0.29, 0.717) is 40.7 Å². The first-order valence-corrected chi connectivity index (χ1v) is 12.6. The molecular weight excluding hydrogens is 482 g/mol. The van der Waals surface area contributed by atoms with E-state index in [1.54, 1.807) is 36.4 Å². The van der Waals surface area contributed by atoms with Crippen LogP contribution in [0.25, 0.3) is 5.76 Å². The van der Waals surface area contributed by atoms with Gasteiger partial charge in [0.15, 0.2) is 0 Å². The van der Waals surface area contributed by atoms with Crippen molar-refractivity contribution in [3.8, 4) is 17.2 Å². The first-order chi connectivity index (χ1) is 18.2. The predicted octanol–water partition coefficient (Wildman–Crippen LogP) is 6.12. The highest BCUT2D eigenvalue weighted by Crippen LogP contribution is 2.44. The van der Waals surface area contributed by atoms with Gasteiger partial charge in [-0.1, -0.05) is 18.2 Å². The maximum Gasteiger partial charge on any atom is 0.300 e. The number of ketones is 1. The van der Waals surface area contributed by atoms with E-state index in [4.69, 9.17) is 14.2 Å². The van der Waals surface area contributed by atoms with Crippen molar-refractivity contribution < 1.29 is 28.9 Å². The molecule has 1 unspecified atom stereocenters. The van der Waals surface area contributed by atoms with Crippen molar-refractivity contribution in [3.05, 3.63) is 88.5 Å². The number of anilines is 1. The molecule has 1 fully saturated rings. The fraction of sp³-hybridized carbons (Fsp3) is 0.290. The largest absolute Gasteiger partial charge is 0.507 e. The van der Waals surface area contributed by atoms with Gasteiger partial charge >= 0.3 is 0 Å². The Hall–Kier alpha value is -4.26. The lowest BCUT2D eigenvalue weighted by atomic mass is 9.93. The number of carbonyl (C=O) groups excluding carboxylic acids is 2. The molecule has 0 saturated carbocycles. The number of hydrogen-bond donors (Lipinski definition) is 1. The van der Waals surface area contributed by atoms with Gasteiger partial charge in [-0.05, 0) is 93.8 Å². The van der Waals surface area contributed by atoms with Gasteiger partial charge in [0.25, 0.3) is 11.7 Å². The lowest BCUT2D eigenvalue weighted by Crippen LogP contribution is -2.29. The maximum atomic E-state index is 13.6. The third-order valence-electron chi connectivity index (χ3n) is 6.29. The van der Waals surface area contributed by atoms with E-state index in [0.717, 1.165) is 11.1 Å². The van der Waals surface area contributed by atoms with E-state index in [9.17, 15) is 14.7 Å². The second-order valence-corrected chi connectivity index (χ2v) is 9.50. The number of Topliss-reactive ketones (excluding diaryl/α,β-unsaturated/α-hetero) is 1. The second kappa shape index (κ2) is 11.0. The molecule has 0 bridgehead atoms. The number of aryl methyl sites for hydroxylation is 2. The van der Waals surface area contributed by atoms with Crippen LogP contribution in [0.5, 0.6) is 17.2 Å². The molecule has 1 N–H and O–H groups in total. The summed E-state index contributed by atoms with van der Waals surface area (Å²) in [4.78, 5) is 28.5. The van der Waals surface area contributed by atoms with Crippen molar-refractivity contribution >= 4 is 23.1 Å². The Bertz CT molecular complexity index is 1390. The minimum absolute atomic E-state index is 0.0196. The summed E-state index contributed by atoms with van der Waals surface area (Å²) in [7, 11) is 1.51. The smallest absolute Gasteiger partial charge is 0.300 e. The molecule has 3 aromatic rings. The zero-order chi connectivity index (χ0) is 27.6. The van der Waals surface area contributed by atoms with Gasteiger partial charge in [-0.15, -0.1) is 0 Å². The Labute approximate surface area is 223 Å². The third kappa shape index (κ3) is 5.09.